The molecule has 2 amide bonds. The second-order valence-electron chi connectivity index (χ2n) is 6.01. The van der Waals surface area contributed by atoms with Crippen LogP contribution in [0.1, 0.15) is 49.5 Å². The smallest absolute Gasteiger partial charge is 0.339 e. The van der Waals surface area contributed by atoms with Crippen LogP contribution in [0.15, 0.2) is 34.7 Å². The molecule has 0 radical (unpaired) electrons. The highest BCUT2D eigenvalue weighted by Gasteiger charge is 2.19. The molecule has 2 N–H and O–H groups in total. The molecule has 0 aliphatic rings. The molecule has 2 aromatic rings. The minimum absolute atomic E-state index is 0.00699. The molecule has 0 saturated carbocycles. The zero-order chi connectivity index (χ0) is 19.3. The van der Waals surface area contributed by atoms with Gasteiger partial charge in [0.2, 0.25) is 0 Å². The second-order valence-corrected chi connectivity index (χ2v) is 6.01. The van der Waals surface area contributed by atoms with Gasteiger partial charge in [0, 0.05) is 38.7 Å². The molecular weight excluding hydrogens is 336 g/mol. The first-order valence-electron chi connectivity index (χ1n) is 8.28. The standard InChI is InChI=1S/C19H22N2O5/c1-4-15-14(19(24)25)11-16(26-15)17(22)20-9-8-12-6-5-7-13(10-12)18(23)21(2)3/h5-7,10-11H,4,8-9H2,1-3H3,(H,20,22)(H,24,25). The van der Waals surface area contributed by atoms with E-state index in [2.05, 4.69) is 5.32 Å². The fourth-order valence-corrected chi connectivity index (χ4v) is 2.51. The van der Waals surface area contributed by atoms with E-state index in [9.17, 15) is 14.4 Å². The summed E-state index contributed by atoms with van der Waals surface area (Å²) < 4.78 is 5.32. The third-order valence-electron chi connectivity index (χ3n) is 3.86. The van der Waals surface area contributed by atoms with Gasteiger partial charge in [0.15, 0.2) is 5.76 Å². The summed E-state index contributed by atoms with van der Waals surface area (Å²) in [5.74, 6) is -1.41. The van der Waals surface area contributed by atoms with Gasteiger partial charge in [-0.15, -0.1) is 0 Å². The molecule has 0 saturated heterocycles. The Morgan fingerprint density at radius 1 is 1.19 bits per heavy atom. The van der Waals surface area contributed by atoms with Crippen molar-refractivity contribution in [2.24, 2.45) is 0 Å². The molecule has 0 unspecified atom stereocenters. The fourth-order valence-electron chi connectivity index (χ4n) is 2.51. The van der Waals surface area contributed by atoms with Gasteiger partial charge in [-0.2, -0.15) is 0 Å². The lowest BCUT2D eigenvalue weighted by atomic mass is 10.1. The van der Waals surface area contributed by atoms with E-state index in [0.29, 0.717) is 24.9 Å². The van der Waals surface area contributed by atoms with Gasteiger partial charge >= 0.3 is 5.97 Å². The first-order chi connectivity index (χ1) is 12.3. The maximum Gasteiger partial charge on any atom is 0.339 e. The molecule has 26 heavy (non-hydrogen) atoms. The lowest BCUT2D eigenvalue weighted by Crippen LogP contribution is -2.25. The molecule has 138 valence electrons. The summed E-state index contributed by atoms with van der Waals surface area (Å²) in [5, 5.41) is 11.8. The third-order valence-corrected chi connectivity index (χ3v) is 3.86. The van der Waals surface area contributed by atoms with Gasteiger partial charge in [0.1, 0.15) is 11.3 Å². The van der Waals surface area contributed by atoms with Crippen molar-refractivity contribution in [3.8, 4) is 0 Å². The number of aromatic carboxylic acids is 1. The van der Waals surface area contributed by atoms with Crippen LogP contribution in [0.5, 0.6) is 0 Å². The minimum Gasteiger partial charge on any atom is -0.478 e. The van der Waals surface area contributed by atoms with Crippen molar-refractivity contribution in [1.82, 2.24) is 10.2 Å². The number of nitrogens with one attached hydrogen (secondary N) is 1. The topological polar surface area (TPSA) is 99.9 Å². The Kier molecular flexibility index (Phi) is 6.16. The van der Waals surface area contributed by atoms with Crippen LogP contribution in [-0.2, 0) is 12.8 Å². The average Bonchev–Trinajstić information content (AvgIpc) is 3.06. The number of carboxylic acids is 1. The number of amides is 2. The highest BCUT2D eigenvalue weighted by molar-refractivity contribution is 5.96. The maximum atomic E-state index is 12.1. The summed E-state index contributed by atoms with van der Waals surface area (Å²) in [5.41, 5.74) is 1.51. The Morgan fingerprint density at radius 2 is 1.92 bits per heavy atom. The number of hydrogen-bond donors (Lipinski definition) is 2. The van der Waals surface area contributed by atoms with Gasteiger partial charge in [-0.3, -0.25) is 9.59 Å². The van der Waals surface area contributed by atoms with Crippen molar-refractivity contribution < 1.29 is 23.9 Å². The SMILES string of the molecule is CCc1oc(C(=O)NCCc2cccc(C(=O)N(C)C)c2)cc1C(=O)O. The molecule has 1 aromatic carbocycles. The van der Waals surface area contributed by atoms with Gasteiger partial charge < -0.3 is 19.7 Å². The van der Waals surface area contributed by atoms with Gasteiger partial charge in [0.25, 0.3) is 11.8 Å². The van der Waals surface area contributed by atoms with Crippen LogP contribution in [0.3, 0.4) is 0 Å². The Labute approximate surface area is 151 Å². The Hall–Kier alpha value is -3.09. The molecule has 0 fully saturated rings. The molecule has 7 nitrogen and oxygen atoms in total. The van der Waals surface area contributed by atoms with E-state index in [0.717, 1.165) is 5.56 Å². The predicted molar refractivity (Wildman–Crippen MR) is 95.5 cm³/mol. The van der Waals surface area contributed by atoms with Crippen LogP contribution < -0.4 is 5.32 Å². The van der Waals surface area contributed by atoms with E-state index in [-0.39, 0.29) is 23.0 Å². The first kappa shape index (κ1) is 19.2. The fraction of sp³-hybridized carbons (Fsp3) is 0.316. The summed E-state index contributed by atoms with van der Waals surface area (Å²) in [6.45, 7) is 2.10. The average molecular weight is 358 g/mol. The van der Waals surface area contributed by atoms with Crippen molar-refractivity contribution >= 4 is 17.8 Å². The monoisotopic (exact) mass is 358 g/mol. The highest BCUT2D eigenvalue weighted by Crippen LogP contribution is 2.16. The number of rotatable bonds is 7. The Balaban J connectivity index is 1.98. The van der Waals surface area contributed by atoms with Crippen molar-refractivity contribution in [3.05, 3.63) is 58.5 Å². The van der Waals surface area contributed by atoms with Gasteiger partial charge in [-0.25, -0.2) is 4.79 Å². The van der Waals surface area contributed by atoms with Crippen molar-refractivity contribution in [2.45, 2.75) is 19.8 Å². The number of nitrogens with zero attached hydrogens (tertiary/aromatic N) is 1. The summed E-state index contributed by atoms with van der Waals surface area (Å²) in [6, 6.07) is 8.45. The van der Waals surface area contributed by atoms with E-state index < -0.39 is 11.9 Å². The zero-order valence-corrected chi connectivity index (χ0v) is 15.0. The van der Waals surface area contributed by atoms with Crippen LogP contribution in [0, 0.1) is 0 Å². The zero-order valence-electron chi connectivity index (χ0n) is 15.0. The van der Waals surface area contributed by atoms with E-state index in [1.54, 1.807) is 39.2 Å². The highest BCUT2D eigenvalue weighted by atomic mass is 16.4. The number of carboxylic acid groups (broad SMARTS) is 1. The molecule has 0 spiro atoms. The first-order valence-corrected chi connectivity index (χ1v) is 8.28. The van der Waals surface area contributed by atoms with Crippen LogP contribution in [0.25, 0.3) is 0 Å². The molecule has 0 atom stereocenters. The maximum absolute atomic E-state index is 12.1. The van der Waals surface area contributed by atoms with Gasteiger partial charge in [-0.1, -0.05) is 19.1 Å². The molecule has 1 aromatic heterocycles. The third kappa shape index (κ3) is 4.50. The molecule has 2 rings (SSSR count). The lowest BCUT2D eigenvalue weighted by molar-refractivity contribution is 0.0693. The number of carbonyl (C=O) groups is 3. The van der Waals surface area contributed by atoms with Crippen molar-refractivity contribution in [2.75, 3.05) is 20.6 Å². The van der Waals surface area contributed by atoms with Crippen LogP contribution in [0.4, 0.5) is 0 Å². The Morgan fingerprint density at radius 3 is 2.50 bits per heavy atom. The number of hydrogen-bond acceptors (Lipinski definition) is 4. The van der Waals surface area contributed by atoms with E-state index in [4.69, 9.17) is 9.52 Å². The molecule has 0 aliphatic heterocycles. The van der Waals surface area contributed by atoms with Gasteiger partial charge in [-0.05, 0) is 24.1 Å². The quantitative estimate of drug-likeness (QED) is 0.790. The van der Waals surface area contributed by atoms with E-state index in [1.165, 1.54) is 11.0 Å². The van der Waals surface area contributed by atoms with Crippen LogP contribution in [0.2, 0.25) is 0 Å². The van der Waals surface area contributed by atoms with Crippen LogP contribution >= 0.6 is 0 Å². The lowest BCUT2D eigenvalue weighted by Gasteiger charge is -2.11. The van der Waals surface area contributed by atoms with Crippen LogP contribution in [-0.4, -0.2) is 48.4 Å². The largest absolute Gasteiger partial charge is 0.478 e. The van der Waals surface area contributed by atoms with Crippen molar-refractivity contribution in [1.29, 1.82) is 0 Å². The molecule has 0 bridgehead atoms. The molecule has 0 aliphatic carbocycles. The molecular formula is C19H22N2O5. The summed E-state index contributed by atoms with van der Waals surface area (Å²) in [6.07, 6.45) is 0.926. The number of aryl methyl sites for hydroxylation is 1. The number of carbonyl (C=O) groups excluding carboxylic acids is 2. The molecule has 7 heteroatoms. The molecule has 1 heterocycles. The predicted octanol–water partition coefficient (Wildman–Crippen LogP) is 2.21. The summed E-state index contributed by atoms with van der Waals surface area (Å²) in [7, 11) is 3.38. The van der Waals surface area contributed by atoms with Gasteiger partial charge in [0.05, 0.1) is 0 Å². The number of benzene rings is 1. The number of furan rings is 1. The van der Waals surface area contributed by atoms with E-state index in [1.807, 2.05) is 6.07 Å². The second kappa shape index (κ2) is 8.33. The van der Waals surface area contributed by atoms with E-state index >= 15 is 0 Å². The summed E-state index contributed by atoms with van der Waals surface area (Å²) in [4.78, 5) is 36.8. The minimum atomic E-state index is -1.12. The van der Waals surface area contributed by atoms with Crippen molar-refractivity contribution in [3.63, 3.8) is 0 Å². The summed E-state index contributed by atoms with van der Waals surface area (Å²) >= 11 is 0. The Bertz CT molecular complexity index is 823. The normalized spacial score (nSPS) is 10.4.